The first kappa shape index (κ1) is 20.5. The van der Waals surface area contributed by atoms with Crippen molar-refractivity contribution in [1.29, 1.82) is 0 Å². The summed E-state index contributed by atoms with van der Waals surface area (Å²) in [7, 11) is 0. The van der Waals surface area contributed by atoms with Crippen molar-refractivity contribution < 1.29 is 9.59 Å². The molecule has 2 rings (SSSR count). The highest BCUT2D eigenvalue weighted by Gasteiger charge is 2.32. The monoisotopic (exact) mass is 358 g/mol. The normalized spacial score (nSPS) is 20.2. The van der Waals surface area contributed by atoms with Gasteiger partial charge in [-0.1, -0.05) is 44.2 Å². The van der Waals surface area contributed by atoms with Crippen molar-refractivity contribution in [2.75, 3.05) is 6.54 Å². The Labute approximate surface area is 158 Å². The van der Waals surface area contributed by atoms with Gasteiger partial charge in [-0.25, -0.2) is 0 Å². The number of benzene rings is 1. The van der Waals surface area contributed by atoms with Gasteiger partial charge in [0.15, 0.2) is 0 Å². The Balaban J connectivity index is 1.90. The molecule has 2 amide bonds. The number of nitrogens with zero attached hydrogens (tertiary/aromatic N) is 1. The third kappa shape index (κ3) is 5.86. The lowest BCUT2D eigenvalue weighted by Crippen LogP contribution is -2.42. The fourth-order valence-electron chi connectivity index (χ4n) is 3.58. The smallest absolute Gasteiger partial charge is 0.226 e. The number of carbonyl (C=O) groups excluding carboxylic acids is 2. The quantitative estimate of drug-likeness (QED) is 0.801. The van der Waals surface area contributed by atoms with Crippen molar-refractivity contribution in [3.63, 3.8) is 0 Å². The molecule has 1 N–H and O–H groups in total. The summed E-state index contributed by atoms with van der Waals surface area (Å²) in [4.78, 5) is 27.3. The van der Waals surface area contributed by atoms with Gasteiger partial charge in [0.25, 0.3) is 0 Å². The van der Waals surface area contributed by atoms with Gasteiger partial charge < -0.3 is 10.2 Å². The van der Waals surface area contributed by atoms with Gasteiger partial charge in [0.1, 0.15) is 0 Å². The van der Waals surface area contributed by atoms with E-state index in [1.165, 1.54) is 0 Å². The zero-order valence-corrected chi connectivity index (χ0v) is 16.7. The van der Waals surface area contributed by atoms with Gasteiger partial charge in [-0.05, 0) is 51.0 Å². The summed E-state index contributed by atoms with van der Waals surface area (Å²) in [6.45, 7) is 9.74. The summed E-state index contributed by atoms with van der Waals surface area (Å²) in [5, 5.41) is 3.04. The molecule has 1 aromatic carbocycles. The first-order valence-electron chi connectivity index (χ1n) is 10.0. The molecule has 1 aliphatic rings. The van der Waals surface area contributed by atoms with Gasteiger partial charge in [0.05, 0.1) is 0 Å². The number of nitrogens with one attached hydrogen (secondary N) is 1. The van der Waals surface area contributed by atoms with Crippen molar-refractivity contribution in [2.45, 2.75) is 66.0 Å². The molecule has 1 aromatic rings. The maximum absolute atomic E-state index is 13.1. The summed E-state index contributed by atoms with van der Waals surface area (Å²) >= 11 is 0. The fourth-order valence-corrected chi connectivity index (χ4v) is 3.58. The van der Waals surface area contributed by atoms with E-state index in [2.05, 4.69) is 45.1 Å². The SMILES string of the molecule is CC(C)CNC(=O)C1CCC(C(=O)N(Cc2ccccc2)C(C)C)CC1. The third-order valence-corrected chi connectivity index (χ3v) is 5.23. The van der Waals surface area contributed by atoms with Crippen LogP contribution >= 0.6 is 0 Å². The molecule has 1 saturated carbocycles. The van der Waals surface area contributed by atoms with Crippen LogP contribution < -0.4 is 5.32 Å². The summed E-state index contributed by atoms with van der Waals surface area (Å²) in [6, 6.07) is 10.3. The molecular formula is C22H34N2O2. The summed E-state index contributed by atoms with van der Waals surface area (Å²) in [5.41, 5.74) is 1.16. The van der Waals surface area contributed by atoms with E-state index in [4.69, 9.17) is 0 Å². The molecule has 0 aliphatic heterocycles. The van der Waals surface area contributed by atoms with E-state index in [0.29, 0.717) is 12.5 Å². The second kappa shape index (κ2) is 9.75. The Morgan fingerprint density at radius 1 is 1.00 bits per heavy atom. The largest absolute Gasteiger partial charge is 0.356 e. The van der Waals surface area contributed by atoms with Crippen LogP contribution in [0.5, 0.6) is 0 Å². The van der Waals surface area contributed by atoms with Gasteiger partial charge in [-0.3, -0.25) is 9.59 Å². The maximum atomic E-state index is 13.1. The molecule has 0 aromatic heterocycles. The highest BCUT2D eigenvalue weighted by Crippen LogP contribution is 2.31. The average molecular weight is 359 g/mol. The molecule has 4 heteroatoms. The first-order chi connectivity index (χ1) is 12.4. The Kier molecular flexibility index (Phi) is 7.67. The van der Waals surface area contributed by atoms with Crippen LogP contribution in [-0.4, -0.2) is 29.3 Å². The predicted molar refractivity (Wildman–Crippen MR) is 105 cm³/mol. The molecule has 144 valence electrons. The van der Waals surface area contributed by atoms with E-state index < -0.39 is 0 Å². The lowest BCUT2D eigenvalue weighted by Gasteiger charge is -2.34. The molecule has 26 heavy (non-hydrogen) atoms. The van der Waals surface area contributed by atoms with Crippen LogP contribution in [0.3, 0.4) is 0 Å². The minimum atomic E-state index is 0.0512. The second-order valence-electron chi connectivity index (χ2n) is 8.23. The molecule has 0 bridgehead atoms. The average Bonchev–Trinajstić information content (AvgIpc) is 2.64. The van der Waals surface area contributed by atoms with Crippen LogP contribution in [0, 0.1) is 17.8 Å². The van der Waals surface area contributed by atoms with Crippen LogP contribution in [0.2, 0.25) is 0 Å². The van der Waals surface area contributed by atoms with Gasteiger partial charge in [0, 0.05) is 31.0 Å². The standard InChI is InChI=1S/C22H34N2O2/c1-16(2)14-23-21(25)19-10-12-20(13-11-19)22(26)24(17(3)4)15-18-8-6-5-7-9-18/h5-9,16-17,19-20H,10-15H2,1-4H3,(H,23,25). The molecule has 1 aliphatic carbocycles. The Bertz CT molecular complexity index is 575. The van der Waals surface area contributed by atoms with Crippen LogP contribution in [0.4, 0.5) is 0 Å². The summed E-state index contributed by atoms with van der Waals surface area (Å²) in [6.07, 6.45) is 3.27. The molecule has 0 radical (unpaired) electrons. The topological polar surface area (TPSA) is 49.4 Å². The number of amides is 2. The van der Waals surface area contributed by atoms with Crippen LogP contribution in [0.1, 0.15) is 58.9 Å². The molecule has 0 spiro atoms. The number of hydrogen-bond donors (Lipinski definition) is 1. The van der Waals surface area contributed by atoms with E-state index in [1.54, 1.807) is 0 Å². The van der Waals surface area contributed by atoms with Crippen molar-refractivity contribution in [3.8, 4) is 0 Å². The minimum absolute atomic E-state index is 0.0512. The highest BCUT2D eigenvalue weighted by atomic mass is 16.2. The molecule has 0 unspecified atom stereocenters. The molecule has 0 atom stereocenters. The predicted octanol–water partition coefficient (Wildman–Crippen LogP) is 4.00. The fraction of sp³-hybridized carbons (Fsp3) is 0.636. The van der Waals surface area contributed by atoms with E-state index in [0.717, 1.165) is 37.8 Å². The Hall–Kier alpha value is -1.84. The van der Waals surface area contributed by atoms with Gasteiger partial charge in [-0.15, -0.1) is 0 Å². The summed E-state index contributed by atoms with van der Waals surface area (Å²) < 4.78 is 0. The van der Waals surface area contributed by atoms with Crippen molar-refractivity contribution in [2.24, 2.45) is 17.8 Å². The zero-order valence-electron chi connectivity index (χ0n) is 16.7. The van der Waals surface area contributed by atoms with Crippen LogP contribution in [-0.2, 0) is 16.1 Å². The lowest BCUT2D eigenvalue weighted by molar-refractivity contribution is -0.140. The second-order valence-corrected chi connectivity index (χ2v) is 8.23. The number of carbonyl (C=O) groups is 2. The Morgan fingerprint density at radius 3 is 2.12 bits per heavy atom. The van der Waals surface area contributed by atoms with Crippen LogP contribution in [0.15, 0.2) is 30.3 Å². The Morgan fingerprint density at radius 2 is 1.58 bits per heavy atom. The third-order valence-electron chi connectivity index (χ3n) is 5.23. The van der Waals surface area contributed by atoms with Gasteiger partial charge in [-0.2, -0.15) is 0 Å². The maximum Gasteiger partial charge on any atom is 0.226 e. The van der Waals surface area contributed by atoms with E-state index >= 15 is 0 Å². The van der Waals surface area contributed by atoms with Crippen LogP contribution in [0.25, 0.3) is 0 Å². The summed E-state index contributed by atoms with van der Waals surface area (Å²) in [5.74, 6) is 0.989. The van der Waals surface area contributed by atoms with Crippen molar-refractivity contribution >= 4 is 11.8 Å². The van der Waals surface area contributed by atoms with E-state index in [1.807, 2.05) is 23.1 Å². The molecular weight excluding hydrogens is 324 g/mol. The molecule has 1 fully saturated rings. The number of rotatable bonds is 7. The van der Waals surface area contributed by atoms with Gasteiger partial charge in [0.2, 0.25) is 11.8 Å². The van der Waals surface area contributed by atoms with E-state index in [-0.39, 0.29) is 29.7 Å². The van der Waals surface area contributed by atoms with Crippen molar-refractivity contribution in [1.82, 2.24) is 10.2 Å². The van der Waals surface area contributed by atoms with E-state index in [9.17, 15) is 9.59 Å². The van der Waals surface area contributed by atoms with Gasteiger partial charge >= 0.3 is 0 Å². The molecule has 0 saturated heterocycles. The molecule has 0 heterocycles. The van der Waals surface area contributed by atoms with Crippen molar-refractivity contribution in [3.05, 3.63) is 35.9 Å². The highest BCUT2D eigenvalue weighted by molar-refractivity contribution is 5.81. The number of hydrogen-bond acceptors (Lipinski definition) is 2. The molecule has 4 nitrogen and oxygen atoms in total. The zero-order chi connectivity index (χ0) is 19.1. The first-order valence-corrected chi connectivity index (χ1v) is 10.0. The lowest BCUT2D eigenvalue weighted by atomic mass is 9.80. The minimum Gasteiger partial charge on any atom is -0.356 e.